The first-order valence-electron chi connectivity index (χ1n) is 10.1. The van der Waals surface area contributed by atoms with Gasteiger partial charge in [-0.05, 0) is 67.9 Å². The Bertz CT molecular complexity index is 813. The van der Waals surface area contributed by atoms with Crippen molar-refractivity contribution in [2.24, 2.45) is 0 Å². The topological polar surface area (TPSA) is 42.0 Å². The number of hydrogen-bond donors (Lipinski definition) is 0. The third-order valence-corrected chi connectivity index (χ3v) is 5.58. The molecule has 0 atom stereocenters. The smallest absolute Gasteiger partial charge is 0.254 e. The molecule has 2 aliphatic heterocycles. The van der Waals surface area contributed by atoms with E-state index in [9.17, 15) is 4.79 Å². The first kappa shape index (κ1) is 18.8. The number of benzene rings is 2. The van der Waals surface area contributed by atoms with Crippen LogP contribution < -0.4 is 9.47 Å². The monoisotopic (exact) mass is 380 g/mol. The summed E-state index contributed by atoms with van der Waals surface area (Å²) in [6.45, 7) is 5.00. The Morgan fingerprint density at radius 2 is 1.82 bits per heavy atom. The average molecular weight is 380 g/mol. The highest BCUT2D eigenvalue weighted by atomic mass is 16.5. The SMILES string of the molecule is COc1ccc(C(=O)N2CCOc3ccc(CN4CCCCC4)cc3C2)cc1. The molecule has 1 amide bonds. The van der Waals surface area contributed by atoms with Gasteiger partial charge in [-0.2, -0.15) is 0 Å². The molecule has 28 heavy (non-hydrogen) atoms. The fourth-order valence-corrected chi connectivity index (χ4v) is 4.01. The number of hydrogen-bond acceptors (Lipinski definition) is 4. The number of amides is 1. The van der Waals surface area contributed by atoms with Crippen molar-refractivity contribution in [3.8, 4) is 11.5 Å². The van der Waals surface area contributed by atoms with Gasteiger partial charge in [0.15, 0.2) is 0 Å². The molecular formula is C23H28N2O3. The second-order valence-corrected chi connectivity index (χ2v) is 7.58. The lowest BCUT2D eigenvalue weighted by molar-refractivity contribution is 0.0733. The van der Waals surface area contributed by atoms with Crippen molar-refractivity contribution >= 4 is 5.91 Å². The number of methoxy groups -OCH3 is 1. The van der Waals surface area contributed by atoms with Crippen molar-refractivity contribution in [1.82, 2.24) is 9.80 Å². The quantitative estimate of drug-likeness (QED) is 0.811. The lowest BCUT2D eigenvalue weighted by Gasteiger charge is -2.26. The molecular weight excluding hydrogens is 352 g/mol. The van der Waals surface area contributed by atoms with E-state index in [-0.39, 0.29) is 5.91 Å². The maximum absolute atomic E-state index is 13.0. The molecule has 2 aliphatic rings. The van der Waals surface area contributed by atoms with Crippen LogP contribution in [0.15, 0.2) is 42.5 Å². The first-order chi connectivity index (χ1) is 13.7. The Morgan fingerprint density at radius 1 is 1.04 bits per heavy atom. The van der Waals surface area contributed by atoms with Gasteiger partial charge < -0.3 is 14.4 Å². The number of fused-ring (bicyclic) bond motifs is 1. The van der Waals surface area contributed by atoms with Gasteiger partial charge in [-0.25, -0.2) is 0 Å². The Kier molecular flexibility index (Phi) is 5.81. The number of carbonyl (C=O) groups is 1. The standard InChI is InChI=1S/C23H28N2O3/c1-27-21-8-6-19(7-9-21)23(26)25-13-14-28-22-10-5-18(15-20(22)17-25)16-24-11-3-2-4-12-24/h5-10,15H,2-4,11-14,16-17H2,1H3. The van der Waals surface area contributed by atoms with Crippen LogP contribution in [0.2, 0.25) is 0 Å². The van der Waals surface area contributed by atoms with E-state index in [1.54, 1.807) is 7.11 Å². The highest BCUT2D eigenvalue weighted by Crippen LogP contribution is 2.26. The van der Waals surface area contributed by atoms with Gasteiger partial charge in [-0.1, -0.05) is 12.5 Å². The number of piperidine rings is 1. The molecule has 2 aromatic rings. The molecule has 0 N–H and O–H groups in total. The highest BCUT2D eigenvalue weighted by molar-refractivity contribution is 5.94. The van der Waals surface area contributed by atoms with Crippen molar-refractivity contribution < 1.29 is 14.3 Å². The van der Waals surface area contributed by atoms with Crippen LogP contribution in [0.4, 0.5) is 0 Å². The van der Waals surface area contributed by atoms with E-state index < -0.39 is 0 Å². The van der Waals surface area contributed by atoms with E-state index in [4.69, 9.17) is 9.47 Å². The van der Waals surface area contributed by atoms with Crippen LogP contribution >= 0.6 is 0 Å². The molecule has 2 aromatic carbocycles. The minimum Gasteiger partial charge on any atom is -0.497 e. The molecule has 148 valence electrons. The van der Waals surface area contributed by atoms with Gasteiger partial charge in [0.25, 0.3) is 5.91 Å². The first-order valence-corrected chi connectivity index (χ1v) is 10.1. The summed E-state index contributed by atoms with van der Waals surface area (Å²) in [5.41, 5.74) is 3.06. The molecule has 0 spiro atoms. The lowest BCUT2D eigenvalue weighted by atomic mass is 10.1. The zero-order chi connectivity index (χ0) is 19.3. The van der Waals surface area contributed by atoms with Crippen LogP contribution in [0.25, 0.3) is 0 Å². The third-order valence-electron chi connectivity index (χ3n) is 5.58. The van der Waals surface area contributed by atoms with Crippen molar-refractivity contribution in [3.05, 3.63) is 59.2 Å². The summed E-state index contributed by atoms with van der Waals surface area (Å²) in [5, 5.41) is 0. The van der Waals surface area contributed by atoms with E-state index in [0.29, 0.717) is 25.3 Å². The van der Waals surface area contributed by atoms with Gasteiger partial charge in [0, 0.05) is 24.2 Å². The zero-order valence-electron chi connectivity index (χ0n) is 16.5. The van der Waals surface area contributed by atoms with Crippen LogP contribution in [0.5, 0.6) is 11.5 Å². The summed E-state index contributed by atoms with van der Waals surface area (Å²) >= 11 is 0. The molecule has 2 heterocycles. The number of carbonyl (C=O) groups excluding carboxylic acids is 1. The number of rotatable bonds is 4. The second-order valence-electron chi connectivity index (χ2n) is 7.58. The Labute approximate surface area is 166 Å². The van der Waals surface area contributed by atoms with Gasteiger partial charge in [0.2, 0.25) is 0 Å². The number of likely N-dealkylation sites (tertiary alicyclic amines) is 1. The van der Waals surface area contributed by atoms with Gasteiger partial charge in [0.1, 0.15) is 18.1 Å². The zero-order valence-corrected chi connectivity index (χ0v) is 16.5. The van der Waals surface area contributed by atoms with E-state index >= 15 is 0 Å². The molecule has 0 unspecified atom stereocenters. The van der Waals surface area contributed by atoms with Crippen LogP contribution in [-0.2, 0) is 13.1 Å². The number of ether oxygens (including phenoxy) is 2. The highest BCUT2D eigenvalue weighted by Gasteiger charge is 2.22. The summed E-state index contributed by atoms with van der Waals surface area (Å²) in [4.78, 5) is 17.4. The molecule has 4 rings (SSSR count). The average Bonchev–Trinajstić information content (AvgIpc) is 2.96. The summed E-state index contributed by atoms with van der Waals surface area (Å²) in [6, 6.07) is 13.7. The molecule has 0 saturated carbocycles. The largest absolute Gasteiger partial charge is 0.497 e. The lowest BCUT2D eigenvalue weighted by Crippen LogP contribution is -2.32. The van der Waals surface area contributed by atoms with Crippen LogP contribution in [0, 0.1) is 0 Å². The Balaban J connectivity index is 1.49. The molecule has 0 aliphatic carbocycles. The summed E-state index contributed by atoms with van der Waals surface area (Å²) in [7, 11) is 1.63. The number of nitrogens with zero attached hydrogens (tertiary/aromatic N) is 2. The van der Waals surface area contributed by atoms with Gasteiger partial charge in [0.05, 0.1) is 13.7 Å². The molecule has 0 bridgehead atoms. The fraction of sp³-hybridized carbons (Fsp3) is 0.435. The molecule has 1 fully saturated rings. The molecule has 1 saturated heterocycles. The molecule has 5 heteroatoms. The van der Waals surface area contributed by atoms with E-state index in [0.717, 1.165) is 23.6 Å². The van der Waals surface area contributed by atoms with E-state index in [1.165, 1.54) is 37.9 Å². The predicted molar refractivity (Wildman–Crippen MR) is 109 cm³/mol. The van der Waals surface area contributed by atoms with Gasteiger partial charge in [-0.15, -0.1) is 0 Å². The normalized spacial score (nSPS) is 17.4. The van der Waals surface area contributed by atoms with Crippen molar-refractivity contribution in [2.45, 2.75) is 32.4 Å². The molecule has 0 aromatic heterocycles. The minimum absolute atomic E-state index is 0.0283. The summed E-state index contributed by atoms with van der Waals surface area (Å²) in [6.07, 6.45) is 3.92. The third kappa shape index (κ3) is 4.30. The van der Waals surface area contributed by atoms with Crippen LogP contribution in [0.3, 0.4) is 0 Å². The van der Waals surface area contributed by atoms with Crippen molar-refractivity contribution in [3.63, 3.8) is 0 Å². The summed E-state index contributed by atoms with van der Waals surface area (Å²) in [5.74, 6) is 1.68. The van der Waals surface area contributed by atoms with E-state index in [2.05, 4.69) is 23.1 Å². The minimum atomic E-state index is 0.0283. The Morgan fingerprint density at radius 3 is 2.57 bits per heavy atom. The van der Waals surface area contributed by atoms with Crippen molar-refractivity contribution in [2.75, 3.05) is 33.4 Å². The molecule has 5 nitrogen and oxygen atoms in total. The fourth-order valence-electron chi connectivity index (χ4n) is 4.01. The van der Waals surface area contributed by atoms with Gasteiger partial charge in [-0.3, -0.25) is 9.69 Å². The van der Waals surface area contributed by atoms with Crippen LogP contribution in [-0.4, -0.2) is 49.1 Å². The second kappa shape index (κ2) is 8.65. The maximum atomic E-state index is 13.0. The van der Waals surface area contributed by atoms with Gasteiger partial charge >= 0.3 is 0 Å². The van der Waals surface area contributed by atoms with Crippen LogP contribution in [0.1, 0.15) is 40.7 Å². The van der Waals surface area contributed by atoms with E-state index in [1.807, 2.05) is 29.2 Å². The Hall–Kier alpha value is -2.53. The molecule has 0 radical (unpaired) electrons. The van der Waals surface area contributed by atoms with Crippen molar-refractivity contribution in [1.29, 1.82) is 0 Å². The maximum Gasteiger partial charge on any atom is 0.254 e. The predicted octanol–water partition coefficient (Wildman–Crippen LogP) is 3.72. The summed E-state index contributed by atoms with van der Waals surface area (Å²) < 4.78 is 11.1.